The van der Waals surface area contributed by atoms with Gasteiger partial charge in [-0.25, -0.2) is 4.79 Å². The molecule has 0 aliphatic carbocycles. The van der Waals surface area contributed by atoms with Crippen molar-refractivity contribution in [2.45, 2.75) is 19.4 Å². The normalized spacial score (nSPS) is 24.2. The molecule has 1 aliphatic heterocycles. The highest BCUT2D eigenvalue weighted by atomic mass is 35.5. The monoisotopic (exact) mass is 307 g/mol. The summed E-state index contributed by atoms with van der Waals surface area (Å²) >= 11 is 17.9. The van der Waals surface area contributed by atoms with Crippen LogP contribution < -0.4 is 5.32 Å². The lowest BCUT2D eigenvalue weighted by Gasteiger charge is -2.30. The highest BCUT2D eigenvalue weighted by Gasteiger charge is 2.48. The quantitative estimate of drug-likeness (QED) is 0.809. The first-order chi connectivity index (χ1) is 8.36. The molecule has 1 aromatic heterocycles. The summed E-state index contributed by atoms with van der Waals surface area (Å²) in [6.07, 6.45) is 2.87. The highest BCUT2D eigenvalue weighted by molar-refractivity contribution is 6.36. The summed E-state index contributed by atoms with van der Waals surface area (Å²) in [7, 11) is 0. The largest absolute Gasteiger partial charge is 0.403 e. The molecule has 1 aromatic rings. The van der Waals surface area contributed by atoms with Crippen LogP contribution in [0.2, 0.25) is 10.0 Å². The maximum atomic E-state index is 12.1. The summed E-state index contributed by atoms with van der Waals surface area (Å²) in [5.41, 5.74) is 0.0524. The van der Waals surface area contributed by atoms with E-state index in [2.05, 4.69) is 4.98 Å². The zero-order valence-corrected chi connectivity index (χ0v) is 11.9. The molecule has 18 heavy (non-hydrogen) atoms. The number of hydrogen-bond donors (Lipinski definition) is 1. The maximum Gasteiger partial charge on any atom is 0.379 e. The van der Waals surface area contributed by atoms with Gasteiger partial charge in [-0.1, -0.05) is 23.2 Å². The number of nitrogens with two attached hydrogens (primary N) is 1. The molecular weight excluding hydrogens is 298 g/mol. The minimum atomic E-state index is -1.07. The van der Waals surface area contributed by atoms with Crippen molar-refractivity contribution in [1.82, 2.24) is 4.98 Å². The van der Waals surface area contributed by atoms with Crippen molar-refractivity contribution in [3.63, 3.8) is 0 Å². The Morgan fingerprint density at radius 1 is 1.28 bits per heavy atom. The first-order valence-corrected chi connectivity index (χ1v) is 6.23. The van der Waals surface area contributed by atoms with E-state index in [0.29, 0.717) is 21.3 Å². The molecule has 0 amide bonds. The van der Waals surface area contributed by atoms with Gasteiger partial charge in [-0.3, -0.25) is 10.3 Å². The Hall–Kier alpha value is -0.810. The number of hydrogen-bond acceptors (Lipinski definition) is 3. The summed E-state index contributed by atoms with van der Waals surface area (Å²) in [6, 6.07) is 0. The summed E-state index contributed by atoms with van der Waals surface area (Å²) < 4.78 is 5.02. The molecule has 4 nitrogen and oxygen atoms in total. The molecule has 0 fully saturated rings. The number of allylic oxidation sites excluding steroid dienone is 1. The van der Waals surface area contributed by atoms with Crippen LogP contribution in [-0.2, 0) is 15.1 Å². The number of carbonyl (C=O) groups is 1. The van der Waals surface area contributed by atoms with Crippen LogP contribution in [0.5, 0.6) is 0 Å². The van der Waals surface area contributed by atoms with E-state index in [1.165, 1.54) is 12.4 Å². The first kappa shape index (κ1) is 13.6. The molecule has 1 aliphatic rings. The lowest BCUT2D eigenvalue weighted by molar-refractivity contribution is -0.681. The molecular formula is C11H10Cl3N2O2+. The number of quaternary nitrogens is 1. The van der Waals surface area contributed by atoms with Gasteiger partial charge in [0.1, 0.15) is 0 Å². The third-order valence-electron chi connectivity index (χ3n) is 2.79. The van der Waals surface area contributed by atoms with E-state index >= 15 is 0 Å². The molecule has 0 bridgehead atoms. The van der Waals surface area contributed by atoms with Crippen molar-refractivity contribution >= 4 is 40.8 Å². The average Bonchev–Trinajstić information content (AvgIpc) is 2.26. The smallest absolute Gasteiger partial charge is 0.379 e. The zero-order chi connectivity index (χ0) is 13.5. The van der Waals surface area contributed by atoms with Crippen LogP contribution in [0.15, 0.2) is 23.3 Å². The third-order valence-corrected chi connectivity index (χ3v) is 3.74. The van der Waals surface area contributed by atoms with Crippen molar-refractivity contribution in [3.05, 3.63) is 38.9 Å². The van der Waals surface area contributed by atoms with E-state index in [1.54, 1.807) is 19.2 Å². The number of pyridine rings is 1. The van der Waals surface area contributed by atoms with E-state index in [9.17, 15) is 4.79 Å². The predicted octanol–water partition coefficient (Wildman–Crippen LogP) is 2.15. The Kier molecular flexibility index (Phi) is 3.56. The fourth-order valence-corrected chi connectivity index (χ4v) is 2.78. The standard InChI is InChI=1S/C11H9Cl3N2O2/c1-5-9(14)18-10(17)11(2,16-5)8-6(12)3-15-4-7(8)13/h3-4,16H,1-2H3/p+1/t11-/m0/s1. The molecule has 0 saturated carbocycles. The van der Waals surface area contributed by atoms with Gasteiger partial charge in [0.2, 0.25) is 5.54 Å². The van der Waals surface area contributed by atoms with Gasteiger partial charge >= 0.3 is 5.97 Å². The molecule has 0 radical (unpaired) electrons. The second-order valence-corrected chi connectivity index (χ2v) is 5.33. The SMILES string of the molecule is CC1=C(Cl)OC(=O)[C@](C)(c2c(Cl)cncc2Cl)[NH2+]1. The average molecular weight is 309 g/mol. The maximum absolute atomic E-state index is 12.1. The van der Waals surface area contributed by atoms with E-state index in [0.717, 1.165) is 0 Å². The summed E-state index contributed by atoms with van der Waals surface area (Å²) in [5, 5.41) is 2.38. The molecule has 0 saturated heterocycles. The van der Waals surface area contributed by atoms with Crippen molar-refractivity contribution < 1.29 is 14.8 Å². The highest BCUT2D eigenvalue weighted by Crippen LogP contribution is 2.34. The number of nitrogens with zero attached hydrogens (tertiary/aromatic N) is 1. The summed E-state index contributed by atoms with van der Waals surface area (Å²) in [6.45, 7) is 3.42. The minimum absolute atomic E-state index is 0.0683. The van der Waals surface area contributed by atoms with E-state index in [-0.39, 0.29) is 5.22 Å². The van der Waals surface area contributed by atoms with Crippen LogP contribution in [0.3, 0.4) is 0 Å². The van der Waals surface area contributed by atoms with Gasteiger partial charge in [-0.2, -0.15) is 0 Å². The van der Waals surface area contributed by atoms with Crippen LogP contribution in [0.25, 0.3) is 0 Å². The Morgan fingerprint density at radius 2 is 1.83 bits per heavy atom. The third kappa shape index (κ3) is 2.10. The summed E-state index contributed by atoms with van der Waals surface area (Å²) in [4.78, 5) is 15.9. The number of halogens is 3. The molecule has 2 rings (SSSR count). The van der Waals surface area contributed by atoms with Gasteiger partial charge in [0.15, 0.2) is 5.70 Å². The molecule has 7 heteroatoms. The Balaban J connectivity index is 2.59. The molecule has 2 heterocycles. The minimum Gasteiger partial charge on any atom is -0.403 e. The van der Waals surface area contributed by atoms with Crippen molar-refractivity contribution in [3.8, 4) is 0 Å². The Labute approximate surface area is 119 Å². The van der Waals surface area contributed by atoms with Crippen molar-refractivity contribution in [2.75, 3.05) is 0 Å². The van der Waals surface area contributed by atoms with E-state index in [4.69, 9.17) is 39.5 Å². The van der Waals surface area contributed by atoms with Gasteiger partial charge < -0.3 is 4.74 Å². The van der Waals surface area contributed by atoms with Gasteiger partial charge in [-0.15, -0.1) is 0 Å². The number of aromatic nitrogens is 1. The Morgan fingerprint density at radius 3 is 2.39 bits per heavy atom. The van der Waals surface area contributed by atoms with Crippen LogP contribution in [0.1, 0.15) is 19.4 Å². The summed E-state index contributed by atoms with van der Waals surface area (Å²) in [5.74, 6) is -0.520. The van der Waals surface area contributed by atoms with Crippen LogP contribution in [-0.4, -0.2) is 11.0 Å². The second-order valence-electron chi connectivity index (χ2n) is 4.17. The number of cyclic esters (lactones) is 1. The lowest BCUT2D eigenvalue weighted by atomic mass is 9.91. The second kappa shape index (κ2) is 4.70. The topological polar surface area (TPSA) is 55.8 Å². The molecule has 0 unspecified atom stereocenters. The molecule has 2 N–H and O–H groups in total. The zero-order valence-electron chi connectivity index (χ0n) is 9.63. The fraction of sp³-hybridized carbons (Fsp3) is 0.273. The fourth-order valence-electron chi connectivity index (χ4n) is 1.90. The molecule has 0 spiro atoms. The molecule has 0 aromatic carbocycles. The van der Waals surface area contributed by atoms with Crippen molar-refractivity contribution in [1.29, 1.82) is 0 Å². The number of carbonyl (C=O) groups excluding carboxylic acids is 1. The number of rotatable bonds is 1. The van der Waals surface area contributed by atoms with Crippen LogP contribution in [0.4, 0.5) is 0 Å². The van der Waals surface area contributed by atoms with E-state index in [1.807, 2.05) is 0 Å². The van der Waals surface area contributed by atoms with Crippen LogP contribution >= 0.6 is 34.8 Å². The van der Waals surface area contributed by atoms with Gasteiger partial charge in [0.05, 0.1) is 15.6 Å². The number of ether oxygens (including phenoxy) is 1. The molecule has 96 valence electrons. The Bertz CT molecular complexity index is 539. The molecule has 1 atom stereocenters. The van der Waals surface area contributed by atoms with E-state index < -0.39 is 11.5 Å². The van der Waals surface area contributed by atoms with Crippen molar-refractivity contribution in [2.24, 2.45) is 0 Å². The lowest BCUT2D eigenvalue weighted by Crippen LogP contribution is -2.95. The van der Waals surface area contributed by atoms with Gasteiger partial charge in [0, 0.05) is 26.2 Å². The predicted molar refractivity (Wildman–Crippen MR) is 68.2 cm³/mol. The first-order valence-electron chi connectivity index (χ1n) is 5.10. The van der Waals surface area contributed by atoms with Crippen LogP contribution in [0, 0.1) is 0 Å². The van der Waals surface area contributed by atoms with Gasteiger partial charge in [0.25, 0.3) is 5.22 Å². The number of esters is 1. The van der Waals surface area contributed by atoms with Gasteiger partial charge in [-0.05, 0) is 11.6 Å².